The molecule has 3 rings (SSSR count). The fourth-order valence-electron chi connectivity index (χ4n) is 2.76. The Morgan fingerprint density at radius 2 is 2.32 bits per heavy atom. The molecule has 1 aliphatic rings. The number of nitrogens with one attached hydrogen (secondary N) is 1. The molecule has 1 heterocycles. The molecule has 1 aliphatic carbocycles. The first kappa shape index (κ1) is 14.1. The molecule has 1 atom stereocenters. The number of aryl methyl sites for hydroxylation is 2. The van der Waals surface area contributed by atoms with Gasteiger partial charge in [0.2, 0.25) is 0 Å². The highest BCUT2D eigenvalue weighted by Crippen LogP contribution is 2.32. The average Bonchev–Trinajstić information content (AvgIpc) is 3.12. The Labute approximate surface area is 127 Å². The summed E-state index contributed by atoms with van der Waals surface area (Å²) < 4.78 is 1.60. The van der Waals surface area contributed by atoms with Gasteiger partial charge in [-0.1, -0.05) is 17.3 Å². The minimum Gasteiger partial charge on any atom is -0.409 e. The molecule has 7 heteroatoms. The van der Waals surface area contributed by atoms with E-state index in [2.05, 4.69) is 15.6 Å². The number of nitrogens with zero attached hydrogens (tertiary/aromatic N) is 3. The van der Waals surface area contributed by atoms with E-state index in [1.807, 2.05) is 12.1 Å². The summed E-state index contributed by atoms with van der Waals surface area (Å²) in [6.07, 6.45) is 4.92. The summed E-state index contributed by atoms with van der Waals surface area (Å²) in [6.45, 7) is 0. The zero-order valence-corrected chi connectivity index (χ0v) is 12.2. The Kier molecular flexibility index (Phi) is 3.54. The summed E-state index contributed by atoms with van der Waals surface area (Å²) in [5.74, 6) is -0.0443. The Morgan fingerprint density at radius 3 is 3.00 bits per heavy atom. The maximum Gasteiger partial charge on any atom is 0.254 e. The van der Waals surface area contributed by atoms with Crippen LogP contribution >= 0.6 is 0 Å². The van der Waals surface area contributed by atoms with E-state index in [1.54, 1.807) is 30.2 Å². The van der Waals surface area contributed by atoms with Crippen LogP contribution in [0.4, 0.5) is 0 Å². The van der Waals surface area contributed by atoms with E-state index in [0.29, 0.717) is 11.1 Å². The van der Waals surface area contributed by atoms with Crippen molar-refractivity contribution in [2.75, 3.05) is 0 Å². The molecule has 0 bridgehead atoms. The van der Waals surface area contributed by atoms with E-state index in [-0.39, 0.29) is 17.8 Å². The molecule has 1 aromatic carbocycles. The molecule has 4 N–H and O–H groups in total. The third-order valence-electron chi connectivity index (χ3n) is 3.90. The van der Waals surface area contributed by atoms with Crippen molar-refractivity contribution in [2.24, 2.45) is 17.9 Å². The third-order valence-corrected chi connectivity index (χ3v) is 3.90. The van der Waals surface area contributed by atoms with Crippen molar-refractivity contribution < 1.29 is 10.0 Å². The standard InChI is InChI=1S/C15H17N5O2/c1-20-8-11(7-17-20)15(21)18-13-5-3-9-6-10(14(16)19-22)2-4-12(9)13/h2,4,6-8,13,22H,3,5H2,1H3,(H2,16,19)(H,18,21). The first-order valence-corrected chi connectivity index (χ1v) is 6.98. The van der Waals surface area contributed by atoms with E-state index in [4.69, 9.17) is 10.9 Å². The highest BCUT2D eigenvalue weighted by Gasteiger charge is 2.25. The van der Waals surface area contributed by atoms with Crippen molar-refractivity contribution in [3.63, 3.8) is 0 Å². The Bertz CT molecular complexity index is 750. The molecule has 1 unspecified atom stereocenters. The fourth-order valence-corrected chi connectivity index (χ4v) is 2.76. The number of amides is 1. The predicted molar refractivity (Wildman–Crippen MR) is 80.7 cm³/mol. The summed E-state index contributed by atoms with van der Waals surface area (Å²) in [4.78, 5) is 12.2. The second kappa shape index (κ2) is 5.51. The van der Waals surface area contributed by atoms with Gasteiger partial charge < -0.3 is 16.3 Å². The average molecular weight is 299 g/mol. The lowest BCUT2D eigenvalue weighted by Crippen LogP contribution is -2.26. The van der Waals surface area contributed by atoms with E-state index in [1.165, 1.54) is 0 Å². The molecule has 114 valence electrons. The number of aromatic nitrogens is 2. The van der Waals surface area contributed by atoms with Gasteiger partial charge >= 0.3 is 0 Å². The van der Waals surface area contributed by atoms with E-state index >= 15 is 0 Å². The van der Waals surface area contributed by atoms with Crippen molar-refractivity contribution >= 4 is 11.7 Å². The van der Waals surface area contributed by atoms with Gasteiger partial charge in [0, 0.05) is 18.8 Å². The molecule has 0 radical (unpaired) electrons. The lowest BCUT2D eigenvalue weighted by molar-refractivity contribution is 0.0936. The van der Waals surface area contributed by atoms with Gasteiger partial charge in [0.15, 0.2) is 5.84 Å². The summed E-state index contributed by atoms with van der Waals surface area (Å²) in [6, 6.07) is 5.59. The number of fused-ring (bicyclic) bond motifs is 1. The number of rotatable bonds is 3. The second-order valence-electron chi connectivity index (χ2n) is 5.37. The number of benzene rings is 1. The van der Waals surface area contributed by atoms with Crippen LogP contribution in [0.15, 0.2) is 35.7 Å². The normalized spacial score (nSPS) is 17.3. The van der Waals surface area contributed by atoms with Crippen LogP contribution in [-0.2, 0) is 13.5 Å². The van der Waals surface area contributed by atoms with Crippen LogP contribution < -0.4 is 11.1 Å². The van der Waals surface area contributed by atoms with Crippen molar-refractivity contribution in [1.82, 2.24) is 15.1 Å². The van der Waals surface area contributed by atoms with Crippen LogP contribution in [0.5, 0.6) is 0 Å². The van der Waals surface area contributed by atoms with Gasteiger partial charge in [0.05, 0.1) is 17.8 Å². The van der Waals surface area contributed by atoms with Gasteiger partial charge in [-0.2, -0.15) is 5.10 Å². The number of oxime groups is 1. The first-order valence-electron chi connectivity index (χ1n) is 6.98. The van der Waals surface area contributed by atoms with Gasteiger partial charge in [-0.3, -0.25) is 9.48 Å². The highest BCUT2D eigenvalue weighted by molar-refractivity contribution is 5.97. The Hall–Kier alpha value is -2.83. The lowest BCUT2D eigenvalue weighted by atomic mass is 10.0. The number of carbonyl (C=O) groups is 1. The fraction of sp³-hybridized carbons (Fsp3) is 0.267. The molecule has 1 amide bonds. The molecule has 0 fully saturated rings. The lowest BCUT2D eigenvalue weighted by Gasteiger charge is -2.13. The molecule has 0 spiro atoms. The maximum atomic E-state index is 12.2. The minimum absolute atomic E-state index is 0.0240. The topological polar surface area (TPSA) is 106 Å². The molecule has 2 aromatic rings. The van der Waals surface area contributed by atoms with Crippen molar-refractivity contribution in [3.8, 4) is 0 Å². The zero-order chi connectivity index (χ0) is 15.7. The quantitative estimate of drug-likeness (QED) is 0.339. The molecule has 0 saturated heterocycles. The van der Waals surface area contributed by atoms with Gasteiger partial charge in [-0.25, -0.2) is 0 Å². The summed E-state index contributed by atoms with van der Waals surface area (Å²) >= 11 is 0. The van der Waals surface area contributed by atoms with Crippen LogP contribution in [0.1, 0.15) is 39.5 Å². The van der Waals surface area contributed by atoms with Crippen LogP contribution in [0.2, 0.25) is 0 Å². The summed E-state index contributed by atoms with van der Waals surface area (Å²) in [7, 11) is 1.77. The molecule has 0 aliphatic heterocycles. The molecule has 0 saturated carbocycles. The van der Waals surface area contributed by atoms with Crippen LogP contribution in [0.3, 0.4) is 0 Å². The SMILES string of the molecule is Cn1cc(C(=O)NC2CCc3cc(/C(N)=N/O)ccc32)cn1. The predicted octanol–water partition coefficient (Wildman–Crippen LogP) is 0.932. The van der Waals surface area contributed by atoms with Gasteiger partial charge in [0.25, 0.3) is 5.91 Å². The monoisotopic (exact) mass is 299 g/mol. The third kappa shape index (κ3) is 2.52. The maximum absolute atomic E-state index is 12.2. The Balaban J connectivity index is 1.78. The number of nitrogens with two attached hydrogens (primary N) is 1. The second-order valence-corrected chi connectivity index (χ2v) is 5.37. The largest absolute Gasteiger partial charge is 0.409 e. The minimum atomic E-state index is -0.133. The van der Waals surface area contributed by atoms with Crippen LogP contribution in [0.25, 0.3) is 0 Å². The van der Waals surface area contributed by atoms with E-state index < -0.39 is 0 Å². The Morgan fingerprint density at radius 1 is 1.50 bits per heavy atom. The van der Waals surface area contributed by atoms with Gasteiger partial charge in [0.1, 0.15) is 0 Å². The molecular weight excluding hydrogens is 282 g/mol. The molecule has 22 heavy (non-hydrogen) atoms. The van der Waals surface area contributed by atoms with E-state index in [0.717, 1.165) is 24.0 Å². The summed E-state index contributed by atoms with van der Waals surface area (Å²) in [5, 5.41) is 18.8. The van der Waals surface area contributed by atoms with Gasteiger partial charge in [-0.15, -0.1) is 0 Å². The highest BCUT2D eigenvalue weighted by atomic mass is 16.4. The van der Waals surface area contributed by atoms with Gasteiger partial charge in [-0.05, 0) is 30.0 Å². The number of amidine groups is 1. The van der Waals surface area contributed by atoms with Crippen molar-refractivity contribution in [1.29, 1.82) is 0 Å². The number of hydrogen-bond acceptors (Lipinski definition) is 4. The van der Waals surface area contributed by atoms with Crippen LogP contribution in [0, 0.1) is 0 Å². The smallest absolute Gasteiger partial charge is 0.254 e. The summed E-state index contributed by atoms with van der Waals surface area (Å²) in [5.41, 5.74) is 9.02. The number of hydrogen-bond donors (Lipinski definition) is 3. The van der Waals surface area contributed by atoms with Crippen molar-refractivity contribution in [3.05, 3.63) is 52.8 Å². The molecule has 1 aromatic heterocycles. The van der Waals surface area contributed by atoms with E-state index in [9.17, 15) is 4.79 Å². The van der Waals surface area contributed by atoms with Crippen molar-refractivity contribution in [2.45, 2.75) is 18.9 Å². The number of carbonyl (C=O) groups excluding carboxylic acids is 1. The first-order chi connectivity index (χ1) is 10.6. The zero-order valence-electron chi connectivity index (χ0n) is 12.2. The molecular formula is C15H17N5O2. The van der Waals surface area contributed by atoms with Crippen LogP contribution in [-0.4, -0.2) is 26.7 Å². The molecule has 7 nitrogen and oxygen atoms in total.